The lowest BCUT2D eigenvalue weighted by atomic mass is 10.1. The van der Waals surface area contributed by atoms with E-state index in [0.29, 0.717) is 17.1 Å². The maximum absolute atomic E-state index is 13.2. The van der Waals surface area contributed by atoms with Crippen molar-refractivity contribution in [2.75, 3.05) is 19.1 Å². The van der Waals surface area contributed by atoms with Crippen molar-refractivity contribution >= 4 is 23.3 Å². The van der Waals surface area contributed by atoms with Gasteiger partial charge in [-0.15, -0.1) is 10.2 Å². The van der Waals surface area contributed by atoms with Crippen LogP contribution in [0.5, 0.6) is 5.75 Å². The fourth-order valence-corrected chi connectivity index (χ4v) is 3.74. The van der Waals surface area contributed by atoms with Crippen molar-refractivity contribution in [3.8, 4) is 17.0 Å². The van der Waals surface area contributed by atoms with Crippen molar-refractivity contribution < 1.29 is 9.53 Å². The summed E-state index contributed by atoms with van der Waals surface area (Å²) in [5.41, 5.74) is 2.73. The second-order valence-corrected chi connectivity index (χ2v) is 7.67. The van der Waals surface area contributed by atoms with Crippen LogP contribution >= 0.6 is 11.8 Å². The van der Waals surface area contributed by atoms with E-state index >= 15 is 0 Å². The van der Waals surface area contributed by atoms with Crippen molar-refractivity contribution in [2.24, 2.45) is 0 Å². The van der Waals surface area contributed by atoms with Gasteiger partial charge in [-0.1, -0.05) is 6.07 Å². The van der Waals surface area contributed by atoms with Gasteiger partial charge in [0.05, 0.1) is 30.6 Å². The summed E-state index contributed by atoms with van der Waals surface area (Å²) in [7, 11) is 1.62. The smallest absolute Gasteiger partial charge is 0.255 e. The van der Waals surface area contributed by atoms with Crippen LogP contribution in [0.3, 0.4) is 0 Å². The summed E-state index contributed by atoms with van der Waals surface area (Å²) in [6, 6.07) is 12.9. The highest BCUT2D eigenvalue weighted by Crippen LogP contribution is 2.25. The molecule has 0 saturated carbocycles. The molecule has 0 fully saturated rings. The van der Waals surface area contributed by atoms with Crippen LogP contribution in [0.4, 0.5) is 0 Å². The number of thioether (sulfide) groups is 1. The number of amides is 1. The van der Waals surface area contributed by atoms with Crippen LogP contribution in [0, 0.1) is 0 Å². The Morgan fingerprint density at radius 1 is 1.23 bits per heavy atom. The molecule has 3 aromatic heterocycles. The molecule has 1 aromatic carbocycles. The summed E-state index contributed by atoms with van der Waals surface area (Å²) in [5, 5.41) is 18.7. The van der Waals surface area contributed by atoms with Gasteiger partial charge in [-0.25, -0.2) is 0 Å². The molecule has 0 radical (unpaired) electrons. The summed E-state index contributed by atoms with van der Waals surface area (Å²) < 4.78 is 7.12. The molecule has 1 unspecified atom stereocenters. The number of nitrogens with zero attached hydrogens (tertiary/aromatic N) is 4. The molecule has 1 amide bonds. The number of H-pyrrole nitrogens is 1. The molecule has 0 aliphatic rings. The van der Waals surface area contributed by atoms with E-state index in [4.69, 9.17) is 4.74 Å². The summed E-state index contributed by atoms with van der Waals surface area (Å²) >= 11 is 1.72. The topological polar surface area (TPSA) is 97.2 Å². The van der Waals surface area contributed by atoms with Gasteiger partial charge in [0.2, 0.25) is 0 Å². The molecule has 0 bridgehead atoms. The molecule has 1 atom stereocenters. The third-order valence-electron chi connectivity index (χ3n) is 4.83. The lowest BCUT2D eigenvalue weighted by molar-refractivity contribution is 0.0934. The van der Waals surface area contributed by atoms with Crippen LogP contribution in [0.15, 0.2) is 54.9 Å². The number of fused-ring (bicyclic) bond motifs is 1. The van der Waals surface area contributed by atoms with Crippen molar-refractivity contribution in [1.82, 2.24) is 30.1 Å². The molecule has 8 nitrogen and oxygen atoms in total. The Hall–Kier alpha value is -3.33. The number of nitrogens with one attached hydrogen (secondary N) is 2. The zero-order valence-electron chi connectivity index (χ0n) is 16.7. The number of benzene rings is 1. The lowest BCUT2D eigenvalue weighted by Gasteiger charge is -2.17. The number of methoxy groups -OCH3 is 1. The maximum atomic E-state index is 13.2. The first-order valence-electron chi connectivity index (χ1n) is 9.48. The molecule has 0 aliphatic heterocycles. The molecule has 154 valence electrons. The van der Waals surface area contributed by atoms with Crippen molar-refractivity contribution in [2.45, 2.75) is 12.5 Å². The lowest BCUT2D eigenvalue weighted by Crippen LogP contribution is -2.30. The van der Waals surface area contributed by atoms with E-state index in [0.717, 1.165) is 29.1 Å². The van der Waals surface area contributed by atoms with Crippen molar-refractivity contribution in [3.05, 3.63) is 66.2 Å². The number of aromatic amines is 1. The number of ether oxygens (including phenoxy) is 1. The fourth-order valence-electron chi connectivity index (χ4n) is 3.27. The molecule has 0 spiro atoms. The van der Waals surface area contributed by atoms with Gasteiger partial charge in [0, 0.05) is 11.8 Å². The molecule has 9 heteroatoms. The zero-order valence-corrected chi connectivity index (χ0v) is 17.5. The highest BCUT2D eigenvalue weighted by Gasteiger charge is 2.23. The quantitative estimate of drug-likeness (QED) is 0.452. The number of hydrogen-bond donors (Lipinski definition) is 2. The molecule has 0 aliphatic carbocycles. The van der Waals surface area contributed by atoms with Crippen LogP contribution in [0.1, 0.15) is 28.6 Å². The number of carbonyl (C=O) groups excluding carboxylic acids is 1. The van der Waals surface area contributed by atoms with E-state index in [1.165, 1.54) is 0 Å². The number of aromatic nitrogens is 5. The Kier molecular flexibility index (Phi) is 5.99. The SMILES string of the molecule is COc1ccc(-c2[nH]ncc2C(=O)NC(CCSC)c2nnc3ccccn23)cc1. The predicted octanol–water partition coefficient (Wildman–Crippen LogP) is 3.35. The molecular formula is C21H22N6O2S. The van der Waals surface area contributed by atoms with Gasteiger partial charge in [-0.2, -0.15) is 16.9 Å². The second kappa shape index (κ2) is 9.00. The minimum Gasteiger partial charge on any atom is -0.497 e. The Bertz CT molecular complexity index is 1140. The first-order valence-corrected chi connectivity index (χ1v) is 10.9. The molecule has 0 saturated heterocycles. The Morgan fingerprint density at radius 3 is 2.83 bits per heavy atom. The van der Waals surface area contributed by atoms with E-state index in [2.05, 4.69) is 25.7 Å². The van der Waals surface area contributed by atoms with Gasteiger partial charge in [0.1, 0.15) is 5.75 Å². The maximum Gasteiger partial charge on any atom is 0.255 e. The molecular weight excluding hydrogens is 400 g/mol. The minimum absolute atomic E-state index is 0.214. The van der Waals surface area contributed by atoms with Gasteiger partial charge < -0.3 is 10.1 Å². The van der Waals surface area contributed by atoms with Gasteiger partial charge in [0.25, 0.3) is 5.91 Å². The zero-order chi connectivity index (χ0) is 20.9. The van der Waals surface area contributed by atoms with Crippen molar-refractivity contribution in [3.63, 3.8) is 0 Å². The predicted molar refractivity (Wildman–Crippen MR) is 117 cm³/mol. The minimum atomic E-state index is -0.277. The average Bonchev–Trinajstić information content (AvgIpc) is 3.44. The normalized spacial score (nSPS) is 12.1. The van der Waals surface area contributed by atoms with Gasteiger partial charge in [-0.05, 0) is 54.8 Å². The fraction of sp³-hybridized carbons (Fsp3) is 0.238. The average molecular weight is 423 g/mol. The standard InChI is InChI=1S/C21H22N6O2S/c1-29-15-8-6-14(7-9-15)19-16(13-22-25-19)21(28)23-17(10-12-30-2)20-26-24-18-5-3-4-11-27(18)20/h3-9,11,13,17H,10,12H2,1-2H3,(H,22,25)(H,23,28). The largest absolute Gasteiger partial charge is 0.497 e. The highest BCUT2D eigenvalue weighted by atomic mass is 32.2. The first kappa shape index (κ1) is 20.0. The summed E-state index contributed by atoms with van der Waals surface area (Å²) in [5.74, 6) is 2.12. The van der Waals surface area contributed by atoms with Crippen LogP contribution in [-0.4, -0.2) is 49.8 Å². The highest BCUT2D eigenvalue weighted by molar-refractivity contribution is 7.98. The van der Waals surface area contributed by atoms with Crippen LogP contribution in [0.25, 0.3) is 16.9 Å². The van der Waals surface area contributed by atoms with E-state index in [-0.39, 0.29) is 11.9 Å². The number of hydrogen-bond acceptors (Lipinski definition) is 6. The van der Waals surface area contributed by atoms with Gasteiger partial charge in [-0.3, -0.25) is 14.3 Å². The Balaban J connectivity index is 1.61. The number of carbonyl (C=O) groups is 1. The molecule has 2 N–H and O–H groups in total. The molecule has 4 aromatic rings. The summed E-state index contributed by atoms with van der Waals surface area (Å²) in [6.07, 6.45) is 6.23. The second-order valence-electron chi connectivity index (χ2n) is 6.68. The van der Waals surface area contributed by atoms with Crippen molar-refractivity contribution in [1.29, 1.82) is 0 Å². The first-order chi connectivity index (χ1) is 14.7. The molecule has 3 heterocycles. The summed E-state index contributed by atoms with van der Waals surface area (Å²) in [4.78, 5) is 13.2. The third kappa shape index (κ3) is 4.02. The van der Waals surface area contributed by atoms with Crippen LogP contribution in [-0.2, 0) is 0 Å². The Morgan fingerprint density at radius 2 is 2.07 bits per heavy atom. The number of rotatable bonds is 8. The van der Waals surface area contributed by atoms with Crippen LogP contribution < -0.4 is 10.1 Å². The van der Waals surface area contributed by atoms with Gasteiger partial charge in [0.15, 0.2) is 11.5 Å². The summed E-state index contributed by atoms with van der Waals surface area (Å²) in [6.45, 7) is 0. The van der Waals surface area contributed by atoms with E-state index in [9.17, 15) is 4.79 Å². The molecule has 4 rings (SSSR count). The van der Waals surface area contributed by atoms with E-state index in [1.807, 2.05) is 59.3 Å². The Labute approximate surface area is 178 Å². The molecule has 30 heavy (non-hydrogen) atoms. The van der Waals surface area contributed by atoms with Crippen LogP contribution in [0.2, 0.25) is 0 Å². The monoisotopic (exact) mass is 422 g/mol. The van der Waals surface area contributed by atoms with E-state index in [1.54, 1.807) is 25.1 Å². The van der Waals surface area contributed by atoms with E-state index < -0.39 is 0 Å². The van der Waals surface area contributed by atoms with Gasteiger partial charge >= 0.3 is 0 Å². The number of pyridine rings is 1. The third-order valence-corrected chi connectivity index (χ3v) is 5.47.